The zero-order valence-electron chi connectivity index (χ0n) is 14.6. The molecular formula is C19H16BrN5OS. The van der Waals surface area contributed by atoms with Gasteiger partial charge in [-0.1, -0.05) is 24.3 Å². The van der Waals surface area contributed by atoms with Gasteiger partial charge in [0.05, 0.1) is 17.4 Å². The van der Waals surface area contributed by atoms with Crippen LogP contribution in [0.1, 0.15) is 11.1 Å². The quantitative estimate of drug-likeness (QED) is 0.573. The highest BCUT2D eigenvalue weighted by Gasteiger charge is 2.23. The van der Waals surface area contributed by atoms with Gasteiger partial charge >= 0.3 is 0 Å². The van der Waals surface area contributed by atoms with Crippen molar-refractivity contribution in [2.24, 2.45) is 5.10 Å². The van der Waals surface area contributed by atoms with E-state index in [4.69, 9.17) is 4.74 Å². The van der Waals surface area contributed by atoms with Crippen LogP contribution >= 0.6 is 28.6 Å². The Morgan fingerprint density at radius 2 is 1.96 bits per heavy atom. The molecule has 0 amide bonds. The number of rotatable bonds is 3. The SMILES string of the molecule is Cc1cccc(Nc2ncc3c(n2)N(C)N=C(c2ccccc2Br)O3)c1S. The standard InChI is InChI=1S/C19H16BrN5OS/c1-11-6-5-9-14(16(11)27)22-19-21-10-15-17(23-19)25(2)24-18(26-15)12-7-3-4-8-13(12)20/h3-10,27H,1-2H3,(H,21,22,23). The van der Waals surface area contributed by atoms with Crippen molar-refractivity contribution in [3.63, 3.8) is 0 Å². The molecule has 0 aliphatic carbocycles. The van der Waals surface area contributed by atoms with E-state index >= 15 is 0 Å². The third-order valence-electron chi connectivity index (χ3n) is 4.08. The second-order valence-electron chi connectivity index (χ2n) is 5.99. The van der Waals surface area contributed by atoms with Gasteiger partial charge < -0.3 is 10.1 Å². The Hall–Kier alpha value is -2.58. The van der Waals surface area contributed by atoms with Crippen LogP contribution in [0, 0.1) is 6.92 Å². The normalized spacial score (nSPS) is 12.9. The van der Waals surface area contributed by atoms with Crippen LogP contribution in [0.3, 0.4) is 0 Å². The third-order valence-corrected chi connectivity index (χ3v) is 5.36. The number of benzene rings is 2. The predicted molar refractivity (Wildman–Crippen MR) is 113 cm³/mol. The predicted octanol–water partition coefficient (Wildman–Crippen LogP) is 4.77. The maximum atomic E-state index is 5.93. The topological polar surface area (TPSA) is 62.6 Å². The second kappa shape index (κ2) is 7.21. The van der Waals surface area contributed by atoms with Crippen LogP contribution in [-0.4, -0.2) is 22.9 Å². The molecule has 4 rings (SSSR count). The van der Waals surface area contributed by atoms with Gasteiger partial charge in [-0.2, -0.15) is 4.98 Å². The number of hydrogen-bond acceptors (Lipinski definition) is 7. The number of aromatic nitrogens is 2. The molecule has 0 saturated carbocycles. The van der Waals surface area contributed by atoms with E-state index < -0.39 is 0 Å². The van der Waals surface area contributed by atoms with Crippen molar-refractivity contribution in [3.8, 4) is 5.75 Å². The highest BCUT2D eigenvalue weighted by Crippen LogP contribution is 2.33. The maximum Gasteiger partial charge on any atom is 0.245 e. The number of aryl methyl sites for hydroxylation is 1. The van der Waals surface area contributed by atoms with Crippen molar-refractivity contribution in [1.29, 1.82) is 0 Å². The summed E-state index contributed by atoms with van der Waals surface area (Å²) in [5.41, 5.74) is 2.77. The summed E-state index contributed by atoms with van der Waals surface area (Å²) >= 11 is 8.07. The summed E-state index contributed by atoms with van der Waals surface area (Å²) in [6, 6.07) is 13.6. The van der Waals surface area contributed by atoms with E-state index in [0.717, 1.165) is 26.2 Å². The van der Waals surface area contributed by atoms with Crippen molar-refractivity contribution < 1.29 is 4.74 Å². The molecule has 3 aromatic rings. The Morgan fingerprint density at radius 1 is 1.15 bits per heavy atom. The van der Waals surface area contributed by atoms with Gasteiger partial charge in [0.2, 0.25) is 11.8 Å². The van der Waals surface area contributed by atoms with Crippen LogP contribution in [0.5, 0.6) is 5.75 Å². The largest absolute Gasteiger partial charge is 0.431 e. The molecular weight excluding hydrogens is 426 g/mol. The van der Waals surface area contributed by atoms with Gasteiger partial charge in [0.15, 0.2) is 11.6 Å². The van der Waals surface area contributed by atoms with Gasteiger partial charge in [0, 0.05) is 16.4 Å². The van der Waals surface area contributed by atoms with Crippen LogP contribution in [0.25, 0.3) is 0 Å². The van der Waals surface area contributed by atoms with Gasteiger partial charge in [-0.05, 0) is 46.6 Å². The van der Waals surface area contributed by atoms with Crippen LogP contribution in [-0.2, 0) is 0 Å². The molecule has 0 unspecified atom stereocenters. The van der Waals surface area contributed by atoms with E-state index in [2.05, 4.69) is 48.9 Å². The summed E-state index contributed by atoms with van der Waals surface area (Å²) < 4.78 is 6.83. The molecule has 1 N–H and O–H groups in total. The second-order valence-corrected chi connectivity index (χ2v) is 7.29. The molecule has 6 nitrogen and oxygen atoms in total. The average Bonchev–Trinajstić information content (AvgIpc) is 2.66. The fraction of sp³-hybridized carbons (Fsp3) is 0.105. The lowest BCUT2D eigenvalue weighted by molar-refractivity contribution is 0.525. The summed E-state index contributed by atoms with van der Waals surface area (Å²) in [6.07, 6.45) is 1.64. The highest BCUT2D eigenvalue weighted by molar-refractivity contribution is 9.10. The Kier molecular flexibility index (Phi) is 4.75. The summed E-state index contributed by atoms with van der Waals surface area (Å²) in [5.74, 6) is 2.05. The van der Waals surface area contributed by atoms with Gasteiger partial charge in [0.25, 0.3) is 0 Å². The maximum absolute atomic E-state index is 5.93. The minimum absolute atomic E-state index is 0.449. The zero-order valence-corrected chi connectivity index (χ0v) is 17.1. The van der Waals surface area contributed by atoms with E-state index in [1.165, 1.54) is 0 Å². The number of ether oxygens (including phenoxy) is 1. The number of nitrogens with one attached hydrogen (secondary N) is 1. The molecule has 136 valence electrons. The van der Waals surface area contributed by atoms with Gasteiger partial charge in [-0.3, -0.25) is 0 Å². The molecule has 1 aliphatic heterocycles. The van der Waals surface area contributed by atoms with Gasteiger partial charge in [-0.25, -0.2) is 9.99 Å². The number of thiol groups is 1. The fourth-order valence-corrected chi connectivity index (χ4v) is 3.32. The van der Waals surface area contributed by atoms with Gasteiger partial charge in [0.1, 0.15) is 0 Å². The number of anilines is 3. The Morgan fingerprint density at radius 3 is 2.78 bits per heavy atom. The van der Waals surface area contributed by atoms with Crippen molar-refractivity contribution in [3.05, 3.63) is 64.3 Å². The lowest BCUT2D eigenvalue weighted by Gasteiger charge is -2.24. The molecule has 0 saturated heterocycles. The number of fused-ring (bicyclic) bond motifs is 1. The number of halogens is 1. The number of nitrogens with zero attached hydrogens (tertiary/aromatic N) is 4. The molecule has 1 aromatic heterocycles. The van der Waals surface area contributed by atoms with E-state index in [1.807, 2.05) is 56.4 Å². The summed E-state index contributed by atoms with van der Waals surface area (Å²) in [4.78, 5) is 9.76. The monoisotopic (exact) mass is 441 g/mol. The van der Waals surface area contributed by atoms with E-state index in [-0.39, 0.29) is 0 Å². The number of hydrogen-bond donors (Lipinski definition) is 2. The third kappa shape index (κ3) is 3.50. The van der Waals surface area contributed by atoms with E-state index in [9.17, 15) is 0 Å². The lowest BCUT2D eigenvalue weighted by atomic mass is 10.2. The molecule has 8 heteroatoms. The molecule has 0 fully saturated rings. The van der Waals surface area contributed by atoms with Crippen molar-refractivity contribution in [2.75, 3.05) is 17.4 Å². The fourth-order valence-electron chi connectivity index (χ4n) is 2.66. The van der Waals surface area contributed by atoms with Gasteiger partial charge in [-0.15, -0.1) is 17.7 Å². The van der Waals surface area contributed by atoms with Crippen LogP contribution < -0.4 is 15.1 Å². The average molecular weight is 442 g/mol. The first kappa shape index (κ1) is 17.8. The molecule has 2 aromatic carbocycles. The lowest BCUT2D eigenvalue weighted by Crippen LogP contribution is -2.26. The molecule has 27 heavy (non-hydrogen) atoms. The summed E-state index contributed by atoms with van der Waals surface area (Å²) in [7, 11) is 1.83. The van der Waals surface area contributed by atoms with E-state index in [1.54, 1.807) is 11.2 Å². The Labute approximate surface area is 170 Å². The molecule has 0 spiro atoms. The Balaban J connectivity index is 1.64. The Bertz CT molecular complexity index is 1060. The molecule has 2 heterocycles. The first-order valence-electron chi connectivity index (χ1n) is 8.20. The molecule has 1 aliphatic rings. The smallest absolute Gasteiger partial charge is 0.245 e. The zero-order chi connectivity index (χ0) is 19.0. The van der Waals surface area contributed by atoms with Crippen molar-refractivity contribution in [1.82, 2.24) is 9.97 Å². The molecule has 0 atom stereocenters. The molecule has 0 radical (unpaired) electrons. The highest BCUT2D eigenvalue weighted by atomic mass is 79.9. The van der Waals surface area contributed by atoms with Crippen molar-refractivity contribution >= 4 is 51.9 Å². The minimum atomic E-state index is 0.449. The van der Waals surface area contributed by atoms with Crippen LogP contribution in [0.2, 0.25) is 0 Å². The summed E-state index contributed by atoms with van der Waals surface area (Å²) in [5, 5.41) is 9.38. The minimum Gasteiger partial charge on any atom is -0.431 e. The molecule has 0 bridgehead atoms. The summed E-state index contributed by atoms with van der Waals surface area (Å²) in [6.45, 7) is 2.00. The van der Waals surface area contributed by atoms with Crippen LogP contribution in [0.15, 0.2) is 63.1 Å². The van der Waals surface area contributed by atoms with Crippen molar-refractivity contribution in [2.45, 2.75) is 11.8 Å². The number of hydrazone groups is 1. The first-order chi connectivity index (χ1) is 13.0. The van der Waals surface area contributed by atoms with Crippen LogP contribution in [0.4, 0.5) is 17.5 Å². The van der Waals surface area contributed by atoms with E-state index in [0.29, 0.717) is 23.4 Å². The first-order valence-corrected chi connectivity index (χ1v) is 9.44.